The van der Waals surface area contributed by atoms with Crippen LogP contribution in [-0.4, -0.2) is 11.5 Å². The fourth-order valence-corrected chi connectivity index (χ4v) is 7.02. The number of rotatable bonds is 4. The van der Waals surface area contributed by atoms with E-state index in [4.69, 9.17) is 4.98 Å². The number of aromatic nitrogens is 1. The van der Waals surface area contributed by atoms with Gasteiger partial charge in [-0.05, 0) is 91.5 Å². The van der Waals surface area contributed by atoms with Crippen LogP contribution < -0.4 is 15.8 Å². The molecule has 0 fully saturated rings. The molecule has 0 radical (unpaired) electrons. The number of pyridine rings is 1. The molecule has 0 amide bonds. The van der Waals surface area contributed by atoms with E-state index in [9.17, 15) is 0 Å². The fourth-order valence-electron chi connectivity index (χ4n) is 7.02. The molecular weight excluding hydrogens is 520 g/mol. The first kappa shape index (κ1) is 25.5. The van der Waals surface area contributed by atoms with Crippen molar-refractivity contribution in [3.05, 3.63) is 179 Å². The summed E-state index contributed by atoms with van der Waals surface area (Å²) in [6, 6.07) is 35.8. The first-order valence-electron chi connectivity index (χ1n) is 15.1. The van der Waals surface area contributed by atoms with Gasteiger partial charge in [0.15, 0.2) is 0 Å². The van der Waals surface area contributed by atoms with Crippen LogP contribution in [0.1, 0.15) is 22.4 Å². The SMILES string of the molecule is Cc1cc(-c2ccc(C3=CCNC=C3)nc2)ccc1C1=c2ccccc2=C(c2ccc3ccccc3c2)C2C=CC=CC12. The molecule has 2 heterocycles. The molecule has 0 saturated carbocycles. The van der Waals surface area contributed by atoms with Crippen molar-refractivity contribution in [2.24, 2.45) is 11.8 Å². The average Bonchev–Trinajstić information content (AvgIpc) is 3.07. The molecule has 4 aromatic carbocycles. The second-order valence-corrected chi connectivity index (χ2v) is 11.6. The highest BCUT2D eigenvalue weighted by molar-refractivity contribution is 5.89. The minimum atomic E-state index is 0.262. The molecule has 2 aliphatic carbocycles. The lowest BCUT2D eigenvalue weighted by molar-refractivity contribution is 0.686. The molecule has 0 spiro atoms. The van der Waals surface area contributed by atoms with Crippen LogP contribution in [0.4, 0.5) is 0 Å². The van der Waals surface area contributed by atoms with Crippen molar-refractivity contribution in [1.82, 2.24) is 10.3 Å². The van der Waals surface area contributed by atoms with Crippen LogP contribution in [0.15, 0.2) is 146 Å². The lowest BCUT2D eigenvalue weighted by atomic mass is 9.69. The lowest BCUT2D eigenvalue weighted by Crippen LogP contribution is -2.40. The van der Waals surface area contributed by atoms with Crippen molar-refractivity contribution in [1.29, 1.82) is 0 Å². The third kappa shape index (κ3) is 4.47. The van der Waals surface area contributed by atoms with Crippen molar-refractivity contribution >= 4 is 27.5 Å². The summed E-state index contributed by atoms with van der Waals surface area (Å²) in [5.41, 5.74) is 11.2. The Balaban J connectivity index is 1.27. The van der Waals surface area contributed by atoms with Gasteiger partial charge in [-0.1, -0.05) is 115 Å². The van der Waals surface area contributed by atoms with Gasteiger partial charge in [0.05, 0.1) is 5.69 Å². The Labute approximate surface area is 252 Å². The molecule has 2 nitrogen and oxygen atoms in total. The Hall–Kier alpha value is -5.21. The van der Waals surface area contributed by atoms with Crippen LogP contribution in [-0.2, 0) is 0 Å². The molecule has 0 bridgehead atoms. The zero-order valence-electron chi connectivity index (χ0n) is 24.2. The van der Waals surface area contributed by atoms with Gasteiger partial charge in [0, 0.05) is 30.1 Å². The standard InChI is InChI=1S/C41H32N2/c1-27-24-31(33-17-19-39(43-26-33)29-20-22-42-23-21-29)16-18-34(27)41-37-12-6-4-10-35(37)40(36-11-5-7-13-38(36)41)32-15-14-28-8-2-3-9-30(28)25-32/h2-22,24-26,35,37,42H,23H2,1H3. The summed E-state index contributed by atoms with van der Waals surface area (Å²) in [6.45, 7) is 3.09. The molecule has 206 valence electrons. The topological polar surface area (TPSA) is 24.9 Å². The van der Waals surface area contributed by atoms with Crippen LogP contribution in [0.2, 0.25) is 0 Å². The highest BCUT2D eigenvalue weighted by atomic mass is 14.8. The third-order valence-electron chi connectivity index (χ3n) is 9.10. The molecule has 5 aromatic rings. The Kier molecular flexibility index (Phi) is 6.26. The number of fused-ring (bicyclic) bond motifs is 3. The second-order valence-electron chi connectivity index (χ2n) is 11.6. The number of nitrogens with one attached hydrogen (secondary N) is 1. The van der Waals surface area contributed by atoms with E-state index in [1.165, 1.54) is 54.6 Å². The first-order chi connectivity index (χ1) is 21.2. The molecule has 1 aromatic heterocycles. The van der Waals surface area contributed by atoms with Gasteiger partial charge in [-0.15, -0.1) is 0 Å². The molecule has 2 unspecified atom stereocenters. The van der Waals surface area contributed by atoms with Gasteiger partial charge in [0.25, 0.3) is 0 Å². The zero-order valence-corrected chi connectivity index (χ0v) is 24.2. The van der Waals surface area contributed by atoms with E-state index in [-0.39, 0.29) is 11.8 Å². The summed E-state index contributed by atoms with van der Waals surface area (Å²) in [5, 5.41) is 8.43. The summed E-state index contributed by atoms with van der Waals surface area (Å²) in [4.78, 5) is 4.79. The van der Waals surface area contributed by atoms with Gasteiger partial charge < -0.3 is 5.32 Å². The van der Waals surface area contributed by atoms with Crippen LogP contribution >= 0.6 is 0 Å². The molecule has 1 aliphatic heterocycles. The van der Waals surface area contributed by atoms with E-state index in [1.54, 1.807) is 0 Å². The number of allylic oxidation sites excluding steroid dienone is 6. The van der Waals surface area contributed by atoms with Crippen LogP contribution in [0.3, 0.4) is 0 Å². The van der Waals surface area contributed by atoms with Crippen LogP contribution in [0, 0.1) is 18.8 Å². The van der Waals surface area contributed by atoms with Crippen molar-refractivity contribution in [2.45, 2.75) is 6.92 Å². The Morgan fingerprint density at radius 1 is 0.674 bits per heavy atom. The molecular formula is C41H32N2. The second kappa shape index (κ2) is 10.6. The monoisotopic (exact) mass is 552 g/mol. The Morgan fingerprint density at radius 2 is 1.40 bits per heavy atom. The van der Waals surface area contributed by atoms with E-state index in [0.29, 0.717) is 0 Å². The number of nitrogens with zero attached hydrogens (tertiary/aromatic N) is 1. The summed E-state index contributed by atoms with van der Waals surface area (Å²) in [6.07, 6.45) is 17.5. The van der Waals surface area contributed by atoms with Gasteiger partial charge in [0.2, 0.25) is 0 Å². The Bertz CT molecular complexity index is 2140. The first-order valence-corrected chi connectivity index (χ1v) is 15.1. The highest BCUT2D eigenvalue weighted by Gasteiger charge is 2.32. The molecule has 2 heteroatoms. The summed E-state index contributed by atoms with van der Waals surface area (Å²) < 4.78 is 0. The van der Waals surface area contributed by atoms with E-state index in [1.807, 2.05) is 12.4 Å². The zero-order chi connectivity index (χ0) is 28.8. The maximum atomic E-state index is 4.79. The van der Waals surface area contributed by atoms with E-state index >= 15 is 0 Å². The van der Waals surface area contributed by atoms with Crippen LogP contribution in [0.25, 0.3) is 38.6 Å². The Morgan fingerprint density at radius 3 is 2.14 bits per heavy atom. The maximum Gasteiger partial charge on any atom is 0.0700 e. The molecule has 2 atom stereocenters. The van der Waals surface area contributed by atoms with Gasteiger partial charge in [-0.25, -0.2) is 0 Å². The van der Waals surface area contributed by atoms with E-state index in [2.05, 4.69) is 146 Å². The number of dihydropyridines is 1. The highest BCUT2D eigenvalue weighted by Crippen LogP contribution is 2.41. The minimum Gasteiger partial charge on any atom is -0.387 e. The normalized spacial score (nSPS) is 18.7. The van der Waals surface area contributed by atoms with Gasteiger partial charge in [-0.3, -0.25) is 4.98 Å². The number of hydrogen-bond acceptors (Lipinski definition) is 2. The van der Waals surface area contributed by atoms with Crippen molar-refractivity contribution in [2.75, 3.05) is 6.54 Å². The summed E-state index contributed by atoms with van der Waals surface area (Å²) >= 11 is 0. The van der Waals surface area contributed by atoms with Crippen molar-refractivity contribution < 1.29 is 0 Å². The van der Waals surface area contributed by atoms with Gasteiger partial charge >= 0.3 is 0 Å². The number of hydrogen-bond donors (Lipinski definition) is 1. The van der Waals surface area contributed by atoms with Crippen molar-refractivity contribution in [3.8, 4) is 11.1 Å². The van der Waals surface area contributed by atoms with Gasteiger partial charge in [0.1, 0.15) is 0 Å². The number of benzene rings is 4. The summed E-state index contributed by atoms with van der Waals surface area (Å²) in [7, 11) is 0. The molecule has 1 N–H and O–H groups in total. The minimum absolute atomic E-state index is 0.262. The predicted molar refractivity (Wildman–Crippen MR) is 179 cm³/mol. The predicted octanol–water partition coefficient (Wildman–Crippen LogP) is 7.48. The molecule has 43 heavy (non-hydrogen) atoms. The van der Waals surface area contributed by atoms with E-state index < -0.39 is 0 Å². The average molecular weight is 553 g/mol. The summed E-state index contributed by atoms with van der Waals surface area (Å²) in [5.74, 6) is 0.531. The number of aryl methyl sites for hydroxylation is 1. The quantitative estimate of drug-likeness (QED) is 0.250. The smallest absolute Gasteiger partial charge is 0.0700 e. The lowest BCUT2D eigenvalue weighted by Gasteiger charge is -2.34. The molecule has 0 saturated heterocycles. The third-order valence-corrected chi connectivity index (χ3v) is 9.10. The van der Waals surface area contributed by atoms with Crippen LogP contribution in [0.5, 0.6) is 0 Å². The van der Waals surface area contributed by atoms with E-state index in [0.717, 1.165) is 23.4 Å². The molecule has 8 rings (SSSR count). The van der Waals surface area contributed by atoms with Crippen molar-refractivity contribution in [3.63, 3.8) is 0 Å². The maximum absolute atomic E-state index is 4.79. The molecule has 3 aliphatic rings. The fraction of sp³-hybridized carbons (Fsp3) is 0.0976. The van der Waals surface area contributed by atoms with Gasteiger partial charge in [-0.2, -0.15) is 0 Å². The largest absolute Gasteiger partial charge is 0.387 e.